The highest BCUT2D eigenvalue weighted by Gasteiger charge is 2.30. The van der Waals surface area contributed by atoms with E-state index in [2.05, 4.69) is 0 Å². The van der Waals surface area contributed by atoms with Gasteiger partial charge in [0.2, 0.25) is 0 Å². The Labute approximate surface area is 108 Å². The van der Waals surface area contributed by atoms with Crippen molar-refractivity contribution < 1.29 is 22.9 Å². The summed E-state index contributed by atoms with van der Waals surface area (Å²) in [5.74, 6) is 0. The predicted octanol–water partition coefficient (Wildman–Crippen LogP) is 3.53. The van der Waals surface area contributed by atoms with Crippen LogP contribution in [-0.4, -0.2) is 20.3 Å². The van der Waals surface area contributed by atoms with Gasteiger partial charge in [-0.05, 0) is 13.8 Å². The molecule has 102 valence electrons. The summed E-state index contributed by atoms with van der Waals surface area (Å²) in [6.07, 6.45) is -0.782. The molecule has 0 spiro atoms. The SMILES string of the molecule is CCOP(=O)(OCC)OC(OC)c1ccccc1. The predicted molar refractivity (Wildman–Crippen MR) is 68.1 cm³/mol. The van der Waals surface area contributed by atoms with Crippen LogP contribution in [0, 0.1) is 0 Å². The van der Waals surface area contributed by atoms with E-state index in [1.54, 1.807) is 13.8 Å². The first-order valence-corrected chi connectivity index (χ1v) is 7.26. The van der Waals surface area contributed by atoms with Crippen LogP contribution in [0.25, 0.3) is 0 Å². The monoisotopic (exact) mass is 274 g/mol. The van der Waals surface area contributed by atoms with Crippen molar-refractivity contribution in [2.45, 2.75) is 20.1 Å². The summed E-state index contributed by atoms with van der Waals surface area (Å²) in [4.78, 5) is 0. The van der Waals surface area contributed by atoms with Crippen molar-refractivity contribution >= 4 is 7.82 Å². The highest BCUT2D eigenvalue weighted by atomic mass is 31.2. The van der Waals surface area contributed by atoms with Gasteiger partial charge >= 0.3 is 7.82 Å². The fraction of sp³-hybridized carbons (Fsp3) is 0.500. The summed E-state index contributed by atoms with van der Waals surface area (Å²) < 4.78 is 32.8. The number of ether oxygens (including phenoxy) is 1. The molecule has 0 amide bonds. The molecule has 0 aliphatic heterocycles. The minimum atomic E-state index is -3.58. The van der Waals surface area contributed by atoms with Gasteiger partial charge < -0.3 is 4.74 Å². The van der Waals surface area contributed by atoms with Crippen LogP contribution in [-0.2, 0) is 22.9 Å². The lowest BCUT2D eigenvalue weighted by molar-refractivity contribution is -0.0791. The second-order valence-electron chi connectivity index (χ2n) is 3.37. The molecule has 0 N–H and O–H groups in total. The van der Waals surface area contributed by atoms with Gasteiger partial charge in [-0.25, -0.2) is 4.57 Å². The average Bonchev–Trinajstić information content (AvgIpc) is 2.38. The molecule has 1 rings (SSSR count). The largest absolute Gasteiger partial charge is 0.477 e. The van der Waals surface area contributed by atoms with Crippen molar-refractivity contribution in [3.63, 3.8) is 0 Å². The molecule has 0 radical (unpaired) electrons. The van der Waals surface area contributed by atoms with Crippen molar-refractivity contribution in [1.82, 2.24) is 0 Å². The Kier molecular flexibility index (Phi) is 6.54. The van der Waals surface area contributed by atoms with Crippen LogP contribution in [0.3, 0.4) is 0 Å². The molecule has 1 atom stereocenters. The molecule has 18 heavy (non-hydrogen) atoms. The number of methoxy groups -OCH3 is 1. The molecular formula is C12H19O5P. The number of phosphoric acid groups is 1. The summed E-state index contributed by atoms with van der Waals surface area (Å²) in [7, 11) is -2.11. The lowest BCUT2D eigenvalue weighted by Crippen LogP contribution is -2.08. The lowest BCUT2D eigenvalue weighted by Gasteiger charge is -2.22. The third kappa shape index (κ3) is 4.52. The second kappa shape index (κ2) is 7.67. The molecule has 6 heteroatoms. The fourth-order valence-electron chi connectivity index (χ4n) is 1.38. The van der Waals surface area contributed by atoms with Crippen molar-refractivity contribution in [2.24, 2.45) is 0 Å². The van der Waals surface area contributed by atoms with E-state index in [4.69, 9.17) is 18.3 Å². The van der Waals surface area contributed by atoms with E-state index in [9.17, 15) is 4.57 Å². The Hall–Kier alpha value is -0.710. The molecule has 1 unspecified atom stereocenters. The molecule has 0 saturated heterocycles. The van der Waals surface area contributed by atoms with Gasteiger partial charge in [0.05, 0.1) is 13.2 Å². The molecular weight excluding hydrogens is 255 g/mol. The van der Waals surface area contributed by atoms with Gasteiger partial charge in [-0.2, -0.15) is 0 Å². The lowest BCUT2D eigenvalue weighted by atomic mass is 10.2. The summed E-state index contributed by atoms with van der Waals surface area (Å²) >= 11 is 0. The first-order valence-electron chi connectivity index (χ1n) is 5.80. The zero-order chi connectivity index (χ0) is 13.4. The van der Waals surface area contributed by atoms with E-state index >= 15 is 0 Å². The summed E-state index contributed by atoms with van der Waals surface area (Å²) in [6, 6.07) is 9.20. The van der Waals surface area contributed by atoms with Crippen LogP contribution in [0.4, 0.5) is 0 Å². The topological polar surface area (TPSA) is 54.0 Å². The first kappa shape index (κ1) is 15.3. The van der Waals surface area contributed by atoms with Gasteiger partial charge in [-0.1, -0.05) is 30.3 Å². The van der Waals surface area contributed by atoms with E-state index in [1.807, 2.05) is 30.3 Å². The van der Waals surface area contributed by atoms with Gasteiger partial charge in [0.15, 0.2) is 6.29 Å². The quantitative estimate of drug-likeness (QED) is 0.536. The first-order chi connectivity index (χ1) is 8.65. The van der Waals surface area contributed by atoms with Crippen molar-refractivity contribution in [1.29, 1.82) is 0 Å². The van der Waals surface area contributed by atoms with E-state index in [-0.39, 0.29) is 13.2 Å². The Balaban J connectivity index is 2.80. The number of hydrogen-bond acceptors (Lipinski definition) is 5. The molecule has 5 nitrogen and oxygen atoms in total. The molecule has 0 aromatic heterocycles. The Morgan fingerprint density at radius 3 is 2.11 bits per heavy atom. The minimum Gasteiger partial charge on any atom is -0.351 e. The molecule has 1 aromatic rings. The smallest absolute Gasteiger partial charge is 0.351 e. The zero-order valence-electron chi connectivity index (χ0n) is 10.9. The number of benzene rings is 1. The highest BCUT2D eigenvalue weighted by molar-refractivity contribution is 7.48. The van der Waals surface area contributed by atoms with Gasteiger partial charge in [-0.3, -0.25) is 13.6 Å². The molecule has 0 aliphatic carbocycles. The maximum atomic E-state index is 12.2. The van der Waals surface area contributed by atoms with Gasteiger partial charge in [0.1, 0.15) is 0 Å². The number of rotatable bonds is 8. The van der Waals surface area contributed by atoms with Crippen LogP contribution < -0.4 is 0 Å². The van der Waals surface area contributed by atoms with Gasteiger partial charge in [0, 0.05) is 12.7 Å². The van der Waals surface area contributed by atoms with Gasteiger partial charge in [-0.15, -0.1) is 0 Å². The maximum Gasteiger partial charge on any atom is 0.477 e. The van der Waals surface area contributed by atoms with E-state index < -0.39 is 14.1 Å². The van der Waals surface area contributed by atoms with Crippen molar-refractivity contribution in [3.05, 3.63) is 35.9 Å². The molecule has 0 saturated carbocycles. The van der Waals surface area contributed by atoms with Crippen molar-refractivity contribution in [3.8, 4) is 0 Å². The highest BCUT2D eigenvalue weighted by Crippen LogP contribution is 2.53. The molecule has 1 aromatic carbocycles. The van der Waals surface area contributed by atoms with Crippen LogP contribution in [0.2, 0.25) is 0 Å². The third-order valence-electron chi connectivity index (χ3n) is 2.09. The average molecular weight is 274 g/mol. The summed E-state index contributed by atoms with van der Waals surface area (Å²) in [5, 5.41) is 0. The third-order valence-corrected chi connectivity index (χ3v) is 3.68. The van der Waals surface area contributed by atoms with E-state index in [0.717, 1.165) is 5.56 Å². The van der Waals surface area contributed by atoms with Crippen LogP contribution in [0.5, 0.6) is 0 Å². The molecule has 0 bridgehead atoms. The molecule has 0 fully saturated rings. The zero-order valence-corrected chi connectivity index (χ0v) is 11.8. The second-order valence-corrected chi connectivity index (χ2v) is 4.99. The summed E-state index contributed by atoms with van der Waals surface area (Å²) in [6.45, 7) is 3.92. The standard InChI is InChI=1S/C12H19O5P/c1-4-15-18(13,16-5-2)17-12(14-3)11-9-7-6-8-10-11/h6-10,12H,4-5H2,1-3H3. The minimum absolute atomic E-state index is 0.239. The molecule has 0 heterocycles. The number of phosphoric ester groups is 1. The number of hydrogen-bond donors (Lipinski definition) is 0. The Morgan fingerprint density at radius 2 is 1.67 bits per heavy atom. The summed E-state index contributed by atoms with van der Waals surface area (Å²) in [5.41, 5.74) is 0.750. The van der Waals surface area contributed by atoms with Gasteiger partial charge in [0.25, 0.3) is 0 Å². The Morgan fingerprint density at radius 1 is 1.11 bits per heavy atom. The van der Waals surface area contributed by atoms with E-state index in [1.165, 1.54) is 7.11 Å². The van der Waals surface area contributed by atoms with Crippen molar-refractivity contribution in [2.75, 3.05) is 20.3 Å². The fourth-order valence-corrected chi connectivity index (χ4v) is 2.65. The normalized spacial score (nSPS) is 13.5. The maximum absolute atomic E-state index is 12.2. The van der Waals surface area contributed by atoms with Crippen LogP contribution in [0.15, 0.2) is 30.3 Å². The van der Waals surface area contributed by atoms with Crippen LogP contribution in [0.1, 0.15) is 25.7 Å². The molecule has 0 aliphatic rings. The van der Waals surface area contributed by atoms with E-state index in [0.29, 0.717) is 0 Å². The van der Waals surface area contributed by atoms with Crippen LogP contribution >= 0.6 is 7.82 Å². The Bertz CT molecular complexity index is 371.